The van der Waals surface area contributed by atoms with Crippen molar-refractivity contribution in [1.82, 2.24) is 20.6 Å². The number of nitrogens with zero attached hydrogens (tertiary/aromatic N) is 4. The van der Waals surface area contributed by atoms with E-state index in [4.69, 9.17) is 4.42 Å². The smallest absolute Gasteiger partial charge is 0.216 e. The highest BCUT2D eigenvalue weighted by molar-refractivity contribution is 5.80. The van der Waals surface area contributed by atoms with Gasteiger partial charge >= 0.3 is 0 Å². The number of pyridine rings is 1. The fraction of sp³-hybridized carbons (Fsp3) is 0.550. The van der Waals surface area contributed by atoms with Crippen LogP contribution in [0.15, 0.2) is 33.9 Å². The van der Waals surface area contributed by atoms with Crippen LogP contribution in [0, 0.1) is 5.82 Å². The fourth-order valence-electron chi connectivity index (χ4n) is 3.07. The lowest BCUT2D eigenvalue weighted by atomic mass is 9.94. The van der Waals surface area contributed by atoms with E-state index >= 15 is 0 Å². The number of halogens is 1. The molecule has 1 unspecified atom stereocenters. The Labute approximate surface area is 165 Å². The third kappa shape index (κ3) is 4.99. The number of anilines is 1. The lowest BCUT2D eigenvalue weighted by Crippen LogP contribution is -2.44. The van der Waals surface area contributed by atoms with Gasteiger partial charge in [0, 0.05) is 37.3 Å². The summed E-state index contributed by atoms with van der Waals surface area (Å²) in [5.74, 6) is 2.25. The number of guanidine groups is 1. The van der Waals surface area contributed by atoms with Crippen molar-refractivity contribution >= 4 is 11.8 Å². The van der Waals surface area contributed by atoms with Crippen LogP contribution in [-0.2, 0) is 12.0 Å². The van der Waals surface area contributed by atoms with Crippen LogP contribution in [0.1, 0.15) is 45.8 Å². The van der Waals surface area contributed by atoms with E-state index in [1.807, 2.05) is 11.8 Å². The van der Waals surface area contributed by atoms with Crippen LogP contribution in [0.4, 0.5) is 10.2 Å². The number of rotatable bonds is 5. The molecule has 2 N–H and O–H groups in total. The molecule has 0 amide bonds. The summed E-state index contributed by atoms with van der Waals surface area (Å²) in [7, 11) is 0. The van der Waals surface area contributed by atoms with Crippen LogP contribution in [-0.4, -0.2) is 41.6 Å². The third-order valence-corrected chi connectivity index (χ3v) is 4.58. The SMILES string of the molecule is CCNC(=NCc1ncc(C(C)(C)C)o1)NC1CCN(c2ncccc2F)C1. The molecule has 1 fully saturated rings. The lowest BCUT2D eigenvalue weighted by Gasteiger charge is -2.19. The first-order valence-corrected chi connectivity index (χ1v) is 9.72. The summed E-state index contributed by atoms with van der Waals surface area (Å²) >= 11 is 0. The highest BCUT2D eigenvalue weighted by Crippen LogP contribution is 2.23. The molecule has 1 aliphatic heterocycles. The quantitative estimate of drug-likeness (QED) is 0.606. The molecule has 152 valence electrons. The summed E-state index contributed by atoms with van der Waals surface area (Å²) in [6.07, 6.45) is 4.27. The molecule has 0 radical (unpaired) electrons. The Hall–Kier alpha value is -2.64. The van der Waals surface area contributed by atoms with Crippen LogP contribution < -0.4 is 15.5 Å². The first-order valence-electron chi connectivity index (χ1n) is 9.72. The van der Waals surface area contributed by atoms with Crippen molar-refractivity contribution in [2.75, 3.05) is 24.5 Å². The average Bonchev–Trinajstić information content (AvgIpc) is 3.29. The molecule has 3 rings (SSSR count). The van der Waals surface area contributed by atoms with Gasteiger partial charge in [-0.25, -0.2) is 19.4 Å². The maximum absolute atomic E-state index is 14.0. The van der Waals surface area contributed by atoms with Crippen molar-refractivity contribution in [2.45, 2.75) is 52.1 Å². The van der Waals surface area contributed by atoms with Crippen molar-refractivity contribution < 1.29 is 8.81 Å². The zero-order chi connectivity index (χ0) is 20.1. The zero-order valence-electron chi connectivity index (χ0n) is 17.0. The first kappa shape index (κ1) is 20.1. The summed E-state index contributed by atoms with van der Waals surface area (Å²) in [6.45, 7) is 10.8. The van der Waals surface area contributed by atoms with Gasteiger partial charge in [0.25, 0.3) is 0 Å². The van der Waals surface area contributed by atoms with E-state index in [0.29, 0.717) is 30.8 Å². The van der Waals surface area contributed by atoms with Crippen LogP contribution in [0.3, 0.4) is 0 Å². The molecule has 2 aromatic heterocycles. The fourth-order valence-corrected chi connectivity index (χ4v) is 3.07. The minimum Gasteiger partial charge on any atom is -0.443 e. The molecule has 8 heteroatoms. The zero-order valence-corrected chi connectivity index (χ0v) is 17.0. The second kappa shape index (κ2) is 8.58. The second-order valence-corrected chi connectivity index (χ2v) is 7.95. The van der Waals surface area contributed by atoms with Gasteiger partial charge in [-0.2, -0.15) is 0 Å². The van der Waals surface area contributed by atoms with Gasteiger partial charge in [-0.3, -0.25) is 0 Å². The summed E-state index contributed by atoms with van der Waals surface area (Å²) in [5, 5.41) is 6.66. The molecule has 1 saturated heterocycles. The third-order valence-electron chi connectivity index (χ3n) is 4.58. The number of aliphatic imine (C=N–C) groups is 1. The maximum atomic E-state index is 14.0. The van der Waals surface area contributed by atoms with E-state index in [9.17, 15) is 4.39 Å². The topological polar surface area (TPSA) is 78.6 Å². The number of aromatic nitrogens is 2. The lowest BCUT2D eigenvalue weighted by molar-refractivity contribution is 0.383. The molecule has 0 aromatic carbocycles. The molecule has 0 saturated carbocycles. The van der Waals surface area contributed by atoms with E-state index in [1.54, 1.807) is 18.5 Å². The number of hydrogen-bond donors (Lipinski definition) is 2. The molecule has 1 atom stereocenters. The average molecular weight is 388 g/mol. The predicted molar refractivity (Wildman–Crippen MR) is 108 cm³/mol. The minimum atomic E-state index is -0.290. The van der Waals surface area contributed by atoms with Crippen molar-refractivity contribution in [3.05, 3.63) is 42.0 Å². The van der Waals surface area contributed by atoms with Gasteiger partial charge < -0.3 is 20.0 Å². The number of nitrogens with one attached hydrogen (secondary N) is 2. The van der Waals surface area contributed by atoms with Crippen molar-refractivity contribution in [3.63, 3.8) is 0 Å². The summed E-state index contributed by atoms with van der Waals surface area (Å²) in [6, 6.07) is 3.21. The van der Waals surface area contributed by atoms with Crippen LogP contribution in [0.25, 0.3) is 0 Å². The first-order chi connectivity index (χ1) is 13.4. The van der Waals surface area contributed by atoms with Gasteiger partial charge in [0.2, 0.25) is 5.89 Å². The van der Waals surface area contributed by atoms with Gasteiger partial charge in [0.05, 0.1) is 6.20 Å². The summed E-state index contributed by atoms with van der Waals surface area (Å²) in [4.78, 5) is 15.0. The molecule has 7 nitrogen and oxygen atoms in total. The van der Waals surface area contributed by atoms with E-state index in [0.717, 1.165) is 25.3 Å². The largest absolute Gasteiger partial charge is 0.443 e. The molecule has 1 aliphatic rings. The normalized spacial score (nSPS) is 17.8. The number of hydrogen-bond acceptors (Lipinski definition) is 5. The Kier molecular flexibility index (Phi) is 6.16. The second-order valence-electron chi connectivity index (χ2n) is 7.95. The molecule has 0 spiro atoms. The monoisotopic (exact) mass is 388 g/mol. The standard InChI is InChI=1S/C20H29FN6O/c1-5-22-19(25-12-17-24-11-16(28-17)20(2,3)4)26-14-8-10-27(13-14)18-15(21)7-6-9-23-18/h6-7,9,11,14H,5,8,10,12-13H2,1-4H3,(H2,22,25,26). The number of oxazole rings is 1. The minimum absolute atomic E-state index is 0.0776. The van der Waals surface area contributed by atoms with Gasteiger partial charge in [-0.05, 0) is 25.5 Å². The van der Waals surface area contributed by atoms with E-state index in [1.165, 1.54) is 6.07 Å². The maximum Gasteiger partial charge on any atom is 0.216 e. The Balaban J connectivity index is 1.61. The van der Waals surface area contributed by atoms with Gasteiger partial charge in [-0.1, -0.05) is 20.8 Å². The Morgan fingerprint density at radius 2 is 2.21 bits per heavy atom. The predicted octanol–water partition coefficient (Wildman–Crippen LogP) is 2.84. The summed E-state index contributed by atoms with van der Waals surface area (Å²) in [5.41, 5.74) is -0.0776. The van der Waals surface area contributed by atoms with E-state index < -0.39 is 0 Å². The van der Waals surface area contributed by atoms with Gasteiger partial charge in [0.1, 0.15) is 12.3 Å². The Bertz CT molecular complexity index is 813. The molecule has 0 bridgehead atoms. The van der Waals surface area contributed by atoms with Crippen molar-refractivity contribution in [1.29, 1.82) is 0 Å². The molecule has 2 aromatic rings. The van der Waals surface area contributed by atoms with Crippen molar-refractivity contribution in [3.8, 4) is 0 Å². The van der Waals surface area contributed by atoms with Crippen LogP contribution in [0.2, 0.25) is 0 Å². The highest BCUT2D eigenvalue weighted by Gasteiger charge is 2.26. The van der Waals surface area contributed by atoms with Crippen LogP contribution in [0.5, 0.6) is 0 Å². The van der Waals surface area contributed by atoms with E-state index in [2.05, 4.69) is 46.4 Å². The Morgan fingerprint density at radius 1 is 1.39 bits per heavy atom. The highest BCUT2D eigenvalue weighted by atomic mass is 19.1. The van der Waals surface area contributed by atoms with Gasteiger partial charge in [-0.15, -0.1) is 0 Å². The molecule has 28 heavy (non-hydrogen) atoms. The summed E-state index contributed by atoms with van der Waals surface area (Å²) < 4.78 is 19.8. The molecular weight excluding hydrogens is 359 g/mol. The molecule has 0 aliphatic carbocycles. The van der Waals surface area contributed by atoms with Crippen molar-refractivity contribution in [2.24, 2.45) is 4.99 Å². The Morgan fingerprint density at radius 3 is 2.89 bits per heavy atom. The van der Waals surface area contributed by atoms with Crippen LogP contribution >= 0.6 is 0 Å². The molecular formula is C20H29FN6O. The molecule has 3 heterocycles. The van der Waals surface area contributed by atoms with Gasteiger partial charge in [0.15, 0.2) is 17.6 Å². The van der Waals surface area contributed by atoms with E-state index in [-0.39, 0.29) is 17.3 Å².